The number of benzene rings is 1. The average molecular weight is 437 g/mol. The number of halogens is 1. The lowest BCUT2D eigenvalue weighted by Crippen LogP contribution is -2.44. The molecule has 0 spiro atoms. The molecular weight excluding hydrogens is 413 g/mol. The van der Waals surface area contributed by atoms with Gasteiger partial charge in [-0.2, -0.15) is 0 Å². The third-order valence-electron chi connectivity index (χ3n) is 5.83. The molecule has 0 radical (unpaired) electrons. The molecule has 4 N–H and O–H groups in total. The lowest BCUT2D eigenvalue weighted by Gasteiger charge is -2.34. The van der Waals surface area contributed by atoms with E-state index in [4.69, 9.17) is 20.3 Å². The Morgan fingerprint density at radius 3 is 2.87 bits per heavy atom. The normalized spacial score (nSPS) is 20.3. The first-order valence-electron chi connectivity index (χ1n) is 9.63. The van der Waals surface area contributed by atoms with Gasteiger partial charge in [-0.25, -0.2) is 9.18 Å². The Morgan fingerprint density at radius 2 is 2.23 bits per heavy atom. The average Bonchev–Trinajstić information content (AvgIpc) is 3.14. The van der Waals surface area contributed by atoms with E-state index >= 15 is 4.39 Å². The Morgan fingerprint density at radius 1 is 1.48 bits per heavy atom. The molecule has 2 aliphatic rings. The second-order valence-electron chi connectivity index (χ2n) is 7.68. The van der Waals surface area contributed by atoms with Crippen molar-refractivity contribution < 1.29 is 28.5 Å². The van der Waals surface area contributed by atoms with Gasteiger partial charge in [0.2, 0.25) is 11.2 Å². The Kier molecular flexibility index (Phi) is 5.06. The molecule has 2 aromatic rings. The SMILES string of the molecule is CNCC1(OC)CCN(c2c(F)c(N)c3c(=O)c(OC(=O)O)cn4c3c2OCN4C)C1. The molecule has 168 valence electrons. The predicted octanol–water partition coefficient (Wildman–Crippen LogP) is 0.512. The Labute approximate surface area is 176 Å². The molecule has 1 aromatic carbocycles. The van der Waals surface area contributed by atoms with Crippen molar-refractivity contribution in [3.8, 4) is 11.5 Å². The van der Waals surface area contributed by atoms with Crippen LogP contribution in [0.2, 0.25) is 0 Å². The van der Waals surface area contributed by atoms with Gasteiger partial charge in [-0.15, -0.1) is 0 Å². The predicted molar refractivity (Wildman–Crippen MR) is 111 cm³/mol. The summed E-state index contributed by atoms with van der Waals surface area (Å²) >= 11 is 0. The number of nitrogens with one attached hydrogen (secondary N) is 1. The summed E-state index contributed by atoms with van der Waals surface area (Å²) in [4.78, 5) is 25.7. The fourth-order valence-electron chi connectivity index (χ4n) is 4.31. The number of hydrogen-bond donors (Lipinski definition) is 3. The summed E-state index contributed by atoms with van der Waals surface area (Å²) in [5, 5.41) is 13.4. The molecule has 1 atom stereocenters. The molecule has 1 fully saturated rings. The number of anilines is 2. The van der Waals surface area contributed by atoms with Crippen molar-refractivity contribution >= 4 is 28.4 Å². The van der Waals surface area contributed by atoms with Crippen LogP contribution >= 0.6 is 0 Å². The Hall–Kier alpha value is -3.25. The third kappa shape index (κ3) is 3.18. The van der Waals surface area contributed by atoms with Crippen LogP contribution in [0.4, 0.5) is 20.6 Å². The molecule has 0 amide bonds. The van der Waals surface area contributed by atoms with Gasteiger partial charge >= 0.3 is 6.16 Å². The second kappa shape index (κ2) is 7.46. The van der Waals surface area contributed by atoms with E-state index in [1.807, 2.05) is 7.05 Å². The zero-order valence-electron chi connectivity index (χ0n) is 17.4. The summed E-state index contributed by atoms with van der Waals surface area (Å²) in [6.45, 7) is 1.49. The van der Waals surface area contributed by atoms with Gasteiger partial charge < -0.3 is 35.3 Å². The molecule has 0 saturated carbocycles. The first kappa shape index (κ1) is 21.0. The number of ether oxygens (including phenoxy) is 3. The number of nitrogens with two attached hydrogens (primary N) is 1. The summed E-state index contributed by atoms with van der Waals surface area (Å²) < 4.78 is 33.2. The summed E-state index contributed by atoms with van der Waals surface area (Å²) in [5.74, 6) is -1.12. The molecular formula is C19H24FN5O6. The van der Waals surface area contributed by atoms with Crippen LogP contribution in [0, 0.1) is 5.82 Å². The highest BCUT2D eigenvalue weighted by Gasteiger charge is 2.41. The highest BCUT2D eigenvalue weighted by atomic mass is 19.1. The molecule has 11 nitrogen and oxygen atoms in total. The minimum atomic E-state index is -1.66. The quantitative estimate of drug-likeness (QED) is 0.449. The van der Waals surface area contributed by atoms with Gasteiger partial charge in [0.05, 0.1) is 22.9 Å². The van der Waals surface area contributed by atoms with Gasteiger partial charge in [-0.3, -0.25) is 14.5 Å². The van der Waals surface area contributed by atoms with Crippen LogP contribution in [-0.2, 0) is 4.74 Å². The number of carboxylic acid groups (broad SMARTS) is 1. The smallest absolute Gasteiger partial charge is 0.467 e. The minimum Gasteiger partial charge on any atom is -0.467 e. The summed E-state index contributed by atoms with van der Waals surface area (Å²) in [6.07, 6.45) is 0.225. The van der Waals surface area contributed by atoms with Gasteiger partial charge in [-0.05, 0) is 13.5 Å². The molecule has 2 aliphatic heterocycles. The van der Waals surface area contributed by atoms with Crippen molar-refractivity contribution in [1.82, 2.24) is 9.99 Å². The van der Waals surface area contributed by atoms with Crippen LogP contribution in [0.15, 0.2) is 11.0 Å². The van der Waals surface area contributed by atoms with Crippen LogP contribution in [-0.4, -0.2) is 69.1 Å². The lowest BCUT2D eigenvalue weighted by atomic mass is 10.0. The Balaban J connectivity index is 1.96. The van der Waals surface area contributed by atoms with Crippen molar-refractivity contribution in [2.45, 2.75) is 12.0 Å². The van der Waals surface area contributed by atoms with Crippen LogP contribution in [0.3, 0.4) is 0 Å². The number of likely N-dealkylation sites (N-methyl/N-ethyl adjacent to an activating group) is 1. The maximum Gasteiger partial charge on any atom is 0.511 e. The molecule has 4 rings (SSSR count). The fourth-order valence-corrected chi connectivity index (χ4v) is 4.31. The summed E-state index contributed by atoms with van der Waals surface area (Å²) in [7, 11) is 5.09. The van der Waals surface area contributed by atoms with E-state index in [1.54, 1.807) is 24.1 Å². The lowest BCUT2D eigenvalue weighted by molar-refractivity contribution is 0.0111. The topological polar surface area (TPSA) is 132 Å². The number of nitrogens with zero attached hydrogens (tertiary/aromatic N) is 3. The van der Waals surface area contributed by atoms with Crippen LogP contribution < -0.4 is 35.9 Å². The maximum absolute atomic E-state index is 15.6. The largest absolute Gasteiger partial charge is 0.511 e. The first-order valence-corrected chi connectivity index (χ1v) is 9.63. The number of methoxy groups -OCH3 is 1. The van der Waals surface area contributed by atoms with E-state index in [9.17, 15) is 9.59 Å². The van der Waals surface area contributed by atoms with Gasteiger partial charge in [0.15, 0.2) is 18.3 Å². The third-order valence-corrected chi connectivity index (χ3v) is 5.83. The molecule has 0 aliphatic carbocycles. The van der Waals surface area contributed by atoms with Gasteiger partial charge in [-0.1, -0.05) is 0 Å². The van der Waals surface area contributed by atoms with Gasteiger partial charge in [0.1, 0.15) is 11.2 Å². The summed E-state index contributed by atoms with van der Waals surface area (Å²) in [6, 6.07) is 0. The Bertz CT molecular complexity index is 1120. The highest BCUT2D eigenvalue weighted by molar-refractivity contribution is 6.01. The number of carbonyl (C=O) groups is 1. The molecule has 1 saturated heterocycles. The standard InChI is InChI=1S/C19H24FN5O6/c1-22-7-19(29-3)4-5-24(8-19)15-12(20)13(21)11-14-17(15)30-9-23(2)25(14)6-10(16(11)26)31-18(27)28/h6,22H,4-5,7-9,21H2,1-3H3,(H,27,28). The van der Waals surface area contributed by atoms with Gasteiger partial charge in [0.25, 0.3) is 0 Å². The molecule has 31 heavy (non-hydrogen) atoms. The van der Waals surface area contributed by atoms with Gasteiger partial charge in [0, 0.05) is 33.8 Å². The van der Waals surface area contributed by atoms with Crippen molar-refractivity contribution in [3.63, 3.8) is 0 Å². The minimum absolute atomic E-state index is 0.0353. The molecule has 0 bridgehead atoms. The van der Waals surface area contributed by atoms with Crippen molar-refractivity contribution in [1.29, 1.82) is 0 Å². The van der Waals surface area contributed by atoms with E-state index in [0.29, 0.717) is 26.1 Å². The van der Waals surface area contributed by atoms with Crippen molar-refractivity contribution in [2.24, 2.45) is 0 Å². The zero-order chi connectivity index (χ0) is 22.5. The van der Waals surface area contributed by atoms with Crippen LogP contribution in [0.1, 0.15) is 6.42 Å². The molecule has 12 heteroatoms. The van der Waals surface area contributed by atoms with Crippen LogP contribution in [0.25, 0.3) is 10.9 Å². The number of aromatic nitrogens is 1. The number of hydrogen-bond acceptors (Lipinski definition) is 9. The van der Waals surface area contributed by atoms with E-state index in [-0.39, 0.29) is 29.1 Å². The van der Waals surface area contributed by atoms with Crippen molar-refractivity contribution in [2.75, 3.05) is 63.2 Å². The number of rotatable bonds is 5. The summed E-state index contributed by atoms with van der Waals surface area (Å²) in [5.41, 5.74) is 4.72. The highest BCUT2D eigenvalue weighted by Crippen LogP contribution is 2.45. The van der Waals surface area contributed by atoms with Crippen molar-refractivity contribution in [3.05, 3.63) is 22.2 Å². The number of nitrogen functional groups attached to an aromatic ring is 1. The second-order valence-corrected chi connectivity index (χ2v) is 7.68. The van der Waals surface area contributed by atoms with E-state index in [0.717, 1.165) is 0 Å². The number of pyridine rings is 1. The zero-order valence-corrected chi connectivity index (χ0v) is 17.4. The van der Waals surface area contributed by atoms with E-state index in [2.05, 4.69) is 10.1 Å². The molecule has 3 heterocycles. The van der Waals surface area contributed by atoms with E-state index in [1.165, 1.54) is 10.9 Å². The first-order chi connectivity index (χ1) is 14.7. The fraction of sp³-hybridized carbons (Fsp3) is 0.474. The molecule has 1 aromatic heterocycles. The van der Waals surface area contributed by atoms with Crippen LogP contribution in [0.5, 0.6) is 11.5 Å². The monoisotopic (exact) mass is 437 g/mol. The molecule has 1 unspecified atom stereocenters. The van der Waals surface area contributed by atoms with E-state index < -0.39 is 34.4 Å². The maximum atomic E-state index is 15.6.